The van der Waals surface area contributed by atoms with Gasteiger partial charge < -0.3 is 5.32 Å². The molecule has 118 valence electrons. The van der Waals surface area contributed by atoms with Crippen molar-refractivity contribution >= 4 is 0 Å². The second kappa shape index (κ2) is 12.4. The molecule has 0 fully saturated rings. The molecule has 1 atom stereocenters. The van der Waals surface area contributed by atoms with Gasteiger partial charge in [0, 0.05) is 6.04 Å². The van der Waals surface area contributed by atoms with Gasteiger partial charge in [-0.1, -0.05) is 64.0 Å². The van der Waals surface area contributed by atoms with Gasteiger partial charge >= 0.3 is 0 Å². The molecule has 1 heteroatoms. The van der Waals surface area contributed by atoms with Crippen molar-refractivity contribution in [3.63, 3.8) is 0 Å². The summed E-state index contributed by atoms with van der Waals surface area (Å²) in [4.78, 5) is 0. The first-order valence-electron chi connectivity index (χ1n) is 9.28. The Morgan fingerprint density at radius 3 is 2.50 bits per heavy atom. The quantitative estimate of drug-likeness (QED) is 0.341. The molecule has 0 saturated carbocycles. The Morgan fingerprint density at radius 1 is 1.00 bits per heavy atom. The molecule has 0 bridgehead atoms. The molecule has 1 aliphatic carbocycles. The van der Waals surface area contributed by atoms with Crippen LogP contribution in [0.15, 0.2) is 11.6 Å². The lowest BCUT2D eigenvalue weighted by atomic mass is 9.92. The van der Waals surface area contributed by atoms with Gasteiger partial charge in [-0.05, 0) is 51.5 Å². The van der Waals surface area contributed by atoms with Crippen molar-refractivity contribution in [1.82, 2.24) is 5.32 Å². The van der Waals surface area contributed by atoms with Crippen molar-refractivity contribution in [2.75, 3.05) is 6.54 Å². The van der Waals surface area contributed by atoms with Gasteiger partial charge in [-0.25, -0.2) is 0 Å². The van der Waals surface area contributed by atoms with Gasteiger partial charge in [-0.2, -0.15) is 0 Å². The lowest BCUT2D eigenvalue weighted by Crippen LogP contribution is -2.30. The van der Waals surface area contributed by atoms with Crippen LogP contribution in [0.3, 0.4) is 0 Å². The van der Waals surface area contributed by atoms with Gasteiger partial charge in [-0.3, -0.25) is 0 Å². The van der Waals surface area contributed by atoms with Crippen LogP contribution >= 0.6 is 0 Å². The zero-order valence-corrected chi connectivity index (χ0v) is 14.1. The lowest BCUT2D eigenvalue weighted by Gasteiger charge is -2.22. The topological polar surface area (TPSA) is 12.0 Å². The van der Waals surface area contributed by atoms with Crippen LogP contribution in [0, 0.1) is 0 Å². The van der Waals surface area contributed by atoms with Crippen LogP contribution in [0.2, 0.25) is 0 Å². The summed E-state index contributed by atoms with van der Waals surface area (Å²) in [6, 6.07) is 0.741. The van der Waals surface area contributed by atoms with E-state index in [1.165, 1.54) is 90.0 Å². The Morgan fingerprint density at radius 2 is 1.80 bits per heavy atom. The van der Waals surface area contributed by atoms with Crippen LogP contribution in [0.5, 0.6) is 0 Å². The summed E-state index contributed by atoms with van der Waals surface area (Å²) < 4.78 is 0. The average molecular weight is 280 g/mol. The predicted octanol–water partition coefficient (Wildman–Crippen LogP) is 6.00. The van der Waals surface area contributed by atoms with E-state index in [1.807, 2.05) is 0 Å². The van der Waals surface area contributed by atoms with E-state index in [4.69, 9.17) is 0 Å². The summed E-state index contributed by atoms with van der Waals surface area (Å²) >= 11 is 0. The van der Waals surface area contributed by atoms with Crippen molar-refractivity contribution in [2.24, 2.45) is 0 Å². The molecule has 0 aromatic heterocycles. The van der Waals surface area contributed by atoms with Gasteiger partial charge in [0.25, 0.3) is 0 Å². The first kappa shape index (κ1) is 17.8. The van der Waals surface area contributed by atoms with E-state index in [-0.39, 0.29) is 0 Å². The molecule has 0 saturated heterocycles. The molecule has 0 aromatic carbocycles. The molecule has 1 rings (SSSR count). The SMILES string of the molecule is CCCCCCCCC(CC1=CCCCC1)NCCC. The Bertz CT molecular complexity index is 244. The molecule has 1 N–H and O–H groups in total. The van der Waals surface area contributed by atoms with Crippen LogP contribution in [-0.4, -0.2) is 12.6 Å². The highest BCUT2D eigenvalue weighted by Crippen LogP contribution is 2.23. The maximum atomic E-state index is 3.78. The van der Waals surface area contributed by atoms with E-state index in [0.717, 1.165) is 6.04 Å². The minimum absolute atomic E-state index is 0.741. The fraction of sp³-hybridized carbons (Fsp3) is 0.895. The Hall–Kier alpha value is -0.300. The minimum Gasteiger partial charge on any atom is -0.314 e. The first-order chi connectivity index (χ1) is 9.86. The Labute approximate surface area is 127 Å². The van der Waals surface area contributed by atoms with Gasteiger partial charge in [0.15, 0.2) is 0 Å². The highest BCUT2D eigenvalue weighted by atomic mass is 14.9. The van der Waals surface area contributed by atoms with Crippen LogP contribution in [-0.2, 0) is 0 Å². The predicted molar refractivity (Wildman–Crippen MR) is 91.2 cm³/mol. The fourth-order valence-electron chi connectivity index (χ4n) is 3.20. The average Bonchev–Trinajstić information content (AvgIpc) is 2.49. The fourth-order valence-corrected chi connectivity index (χ4v) is 3.20. The van der Waals surface area contributed by atoms with Gasteiger partial charge in [0.1, 0.15) is 0 Å². The van der Waals surface area contributed by atoms with E-state index in [2.05, 4.69) is 25.2 Å². The number of unbranched alkanes of at least 4 members (excludes halogenated alkanes) is 5. The van der Waals surface area contributed by atoms with Gasteiger partial charge in [0.05, 0.1) is 0 Å². The third-order valence-electron chi connectivity index (χ3n) is 4.48. The van der Waals surface area contributed by atoms with Crippen LogP contribution in [0.25, 0.3) is 0 Å². The van der Waals surface area contributed by atoms with E-state index in [0.29, 0.717) is 0 Å². The van der Waals surface area contributed by atoms with E-state index in [9.17, 15) is 0 Å². The van der Waals surface area contributed by atoms with Crippen molar-refractivity contribution in [2.45, 2.75) is 103 Å². The van der Waals surface area contributed by atoms with E-state index < -0.39 is 0 Å². The number of allylic oxidation sites excluding steroid dienone is 1. The second-order valence-corrected chi connectivity index (χ2v) is 6.52. The Balaban J connectivity index is 2.19. The molecule has 1 unspecified atom stereocenters. The molecule has 0 radical (unpaired) electrons. The monoisotopic (exact) mass is 279 g/mol. The van der Waals surface area contributed by atoms with Crippen LogP contribution < -0.4 is 5.32 Å². The zero-order chi connectivity index (χ0) is 14.5. The molecule has 0 amide bonds. The molecular formula is C19H37N. The van der Waals surface area contributed by atoms with Gasteiger partial charge in [0.2, 0.25) is 0 Å². The maximum absolute atomic E-state index is 3.78. The van der Waals surface area contributed by atoms with E-state index in [1.54, 1.807) is 5.57 Å². The third kappa shape index (κ3) is 8.79. The first-order valence-corrected chi connectivity index (χ1v) is 9.28. The summed E-state index contributed by atoms with van der Waals surface area (Å²) in [6.07, 6.45) is 20.5. The summed E-state index contributed by atoms with van der Waals surface area (Å²) in [7, 11) is 0. The second-order valence-electron chi connectivity index (χ2n) is 6.52. The van der Waals surface area contributed by atoms with Crippen LogP contribution in [0.1, 0.15) is 97.3 Å². The van der Waals surface area contributed by atoms with Gasteiger partial charge in [-0.15, -0.1) is 0 Å². The summed E-state index contributed by atoms with van der Waals surface area (Å²) in [6.45, 7) is 5.76. The minimum atomic E-state index is 0.741. The molecule has 0 aliphatic heterocycles. The molecular weight excluding hydrogens is 242 g/mol. The Kier molecular flexibility index (Phi) is 11.0. The number of hydrogen-bond donors (Lipinski definition) is 1. The summed E-state index contributed by atoms with van der Waals surface area (Å²) in [5.74, 6) is 0. The maximum Gasteiger partial charge on any atom is 0.0104 e. The molecule has 0 aromatic rings. The van der Waals surface area contributed by atoms with Crippen molar-refractivity contribution in [3.05, 3.63) is 11.6 Å². The smallest absolute Gasteiger partial charge is 0.0104 e. The zero-order valence-electron chi connectivity index (χ0n) is 14.1. The number of rotatable bonds is 12. The molecule has 20 heavy (non-hydrogen) atoms. The van der Waals surface area contributed by atoms with Crippen molar-refractivity contribution < 1.29 is 0 Å². The number of hydrogen-bond acceptors (Lipinski definition) is 1. The standard InChI is InChI=1S/C19H37N/c1-3-5-6-7-8-12-15-19(20-16-4-2)17-18-13-10-9-11-14-18/h13,19-20H,3-12,14-17H2,1-2H3. The normalized spacial score (nSPS) is 17.0. The van der Waals surface area contributed by atoms with Crippen molar-refractivity contribution in [3.8, 4) is 0 Å². The van der Waals surface area contributed by atoms with Crippen LogP contribution in [0.4, 0.5) is 0 Å². The molecule has 0 heterocycles. The number of nitrogens with one attached hydrogen (secondary N) is 1. The molecule has 1 aliphatic rings. The lowest BCUT2D eigenvalue weighted by molar-refractivity contribution is 0.441. The summed E-state index contributed by atoms with van der Waals surface area (Å²) in [5.41, 5.74) is 1.73. The van der Waals surface area contributed by atoms with Crippen molar-refractivity contribution in [1.29, 1.82) is 0 Å². The highest BCUT2D eigenvalue weighted by Gasteiger charge is 2.12. The summed E-state index contributed by atoms with van der Waals surface area (Å²) in [5, 5.41) is 3.78. The molecule has 0 spiro atoms. The largest absolute Gasteiger partial charge is 0.314 e. The highest BCUT2D eigenvalue weighted by molar-refractivity contribution is 5.07. The third-order valence-corrected chi connectivity index (χ3v) is 4.48. The molecule has 1 nitrogen and oxygen atoms in total. The van der Waals surface area contributed by atoms with E-state index >= 15 is 0 Å².